The molecule has 1 aromatic carbocycles. The largest absolute Gasteiger partial charge is 0.467 e. The van der Waals surface area contributed by atoms with Gasteiger partial charge in [0.2, 0.25) is 0 Å². The Morgan fingerprint density at radius 1 is 1.11 bits per heavy atom. The molecule has 0 radical (unpaired) electrons. The Labute approximate surface area is 156 Å². The van der Waals surface area contributed by atoms with E-state index in [0.29, 0.717) is 23.7 Å². The molecule has 0 atom stereocenters. The van der Waals surface area contributed by atoms with Gasteiger partial charge in [-0.2, -0.15) is 5.10 Å². The first-order chi connectivity index (χ1) is 13.2. The number of rotatable bonds is 5. The number of hydrogen-bond donors (Lipinski definition) is 0. The van der Waals surface area contributed by atoms with Gasteiger partial charge in [-0.05, 0) is 49.4 Å². The average molecular weight is 358 g/mol. The Kier molecular flexibility index (Phi) is 4.53. The van der Waals surface area contributed by atoms with Crippen molar-refractivity contribution in [2.45, 2.75) is 13.5 Å². The second-order valence-electron chi connectivity index (χ2n) is 6.16. The minimum atomic E-state index is -0.144. The van der Waals surface area contributed by atoms with Crippen LogP contribution >= 0.6 is 0 Å². The number of carbonyl (C=O) groups is 1. The van der Waals surface area contributed by atoms with Crippen molar-refractivity contribution in [3.63, 3.8) is 0 Å². The number of aryl methyl sites for hydroxylation is 1. The van der Waals surface area contributed by atoms with E-state index in [2.05, 4.69) is 10.1 Å². The maximum absolute atomic E-state index is 13.2. The Hall–Kier alpha value is -3.67. The molecule has 0 spiro atoms. The lowest BCUT2D eigenvalue weighted by molar-refractivity contribution is 0.0983. The summed E-state index contributed by atoms with van der Waals surface area (Å²) in [6.45, 7) is 2.36. The van der Waals surface area contributed by atoms with E-state index in [-0.39, 0.29) is 5.91 Å². The number of anilines is 1. The number of aromatic nitrogens is 3. The maximum atomic E-state index is 13.2. The SMILES string of the molecule is Cc1ccc(N(Cc2ccco2)C(=O)c2ccc(-n3cccn3)nc2)cc1. The maximum Gasteiger partial charge on any atom is 0.260 e. The minimum Gasteiger partial charge on any atom is -0.467 e. The zero-order chi connectivity index (χ0) is 18.6. The second kappa shape index (κ2) is 7.29. The molecule has 3 heterocycles. The van der Waals surface area contributed by atoms with Crippen molar-refractivity contribution in [2.24, 2.45) is 0 Å². The van der Waals surface area contributed by atoms with Crippen molar-refractivity contribution < 1.29 is 9.21 Å². The number of carbonyl (C=O) groups excluding carboxylic acids is 1. The standard InChI is InChI=1S/C21H18N4O2/c1-16-5-8-18(9-6-16)24(15-19-4-2-13-27-19)21(26)17-7-10-20(22-14-17)25-12-3-11-23-25/h2-14H,15H2,1H3. The fraction of sp³-hybridized carbons (Fsp3) is 0.0952. The highest BCUT2D eigenvalue weighted by atomic mass is 16.3. The molecule has 6 heteroatoms. The van der Waals surface area contributed by atoms with E-state index in [4.69, 9.17) is 4.42 Å². The van der Waals surface area contributed by atoms with E-state index in [0.717, 1.165) is 11.3 Å². The fourth-order valence-electron chi connectivity index (χ4n) is 2.77. The van der Waals surface area contributed by atoms with Gasteiger partial charge in [-0.3, -0.25) is 4.79 Å². The topological polar surface area (TPSA) is 64.2 Å². The van der Waals surface area contributed by atoms with Gasteiger partial charge in [-0.15, -0.1) is 0 Å². The van der Waals surface area contributed by atoms with Crippen molar-refractivity contribution in [3.05, 3.63) is 96.3 Å². The van der Waals surface area contributed by atoms with Crippen molar-refractivity contribution in [2.75, 3.05) is 4.90 Å². The summed E-state index contributed by atoms with van der Waals surface area (Å²) in [6, 6.07) is 16.9. The first-order valence-corrected chi connectivity index (χ1v) is 8.58. The normalized spacial score (nSPS) is 10.7. The molecule has 1 amide bonds. The van der Waals surface area contributed by atoms with Crippen LogP contribution in [0.5, 0.6) is 0 Å². The van der Waals surface area contributed by atoms with Crippen LogP contribution in [0.2, 0.25) is 0 Å². The van der Waals surface area contributed by atoms with Gasteiger partial charge in [0.25, 0.3) is 5.91 Å². The van der Waals surface area contributed by atoms with Crippen LogP contribution < -0.4 is 4.90 Å². The van der Waals surface area contributed by atoms with E-state index in [1.54, 1.807) is 46.6 Å². The average Bonchev–Trinajstić information content (AvgIpc) is 3.41. The van der Waals surface area contributed by atoms with Crippen molar-refractivity contribution in [3.8, 4) is 5.82 Å². The Morgan fingerprint density at radius 3 is 2.59 bits per heavy atom. The lowest BCUT2D eigenvalue weighted by atomic mass is 10.1. The van der Waals surface area contributed by atoms with Gasteiger partial charge in [-0.25, -0.2) is 9.67 Å². The van der Waals surface area contributed by atoms with Crippen molar-refractivity contribution in [1.82, 2.24) is 14.8 Å². The quantitative estimate of drug-likeness (QED) is 0.541. The number of benzene rings is 1. The van der Waals surface area contributed by atoms with E-state index < -0.39 is 0 Å². The Morgan fingerprint density at radius 2 is 1.96 bits per heavy atom. The van der Waals surface area contributed by atoms with Crippen LogP contribution in [0.15, 0.2) is 83.9 Å². The smallest absolute Gasteiger partial charge is 0.260 e. The molecule has 27 heavy (non-hydrogen) atoms. The first-order valence-electron chi connectivity index (χ1n) is 8.58. The third-order valence-electron chi connectivity index (χ3n) is 4.22. The molecule has 0 aliphatic rings. The summed E-state index contributed by atoms with van der Waals surface area (Å²) in [5, 5.41) is 4.15. The van der Waals surface area contributed by atoms with Crippen LogP contribution in [-0.4, -0.2) is 20.7 Å². The fourth-order valence-corrected chi connectivity index (χ4v) is 2.77. The highest BCUT2D eigenvalue weighted by Gasteiger charge is 2.20. The van der Waals surface area contributed by atoms with Gasteiger partial charge in [0.1, 0.15) is 5.76 Å². The molecule has 3 aromatic heterocycles. The summed E-state index contributed by atoms with van der Waals surface area (Å²) in [5.74, 6) is 1.23. The third kappa shape index (κ3) is 3.64. The highest BCUT2D eigenvalue weighted by molar-refractivity contribution is 6.05. The summed E-state index contributed by atoms with van der Waals surface area (Å²) in [7, 11) is 0. The van der Waals surface area contributed by atoms with Crippen LogP contribution in [0, 0.1) is 6.92 Å². The molecule has 6 nitrogen and oxygen atoms in total. The Bertz CT molecular complexity index is 1010. The first kappa shape index (κ1) is 16.8. The lowest BCUT2D eigenvalue weighted by Gasteiger charge is -2.22. The summed E-state index contributed by atoms with van der Waals surface area (Å²) < 4.78 is 7.09. The molecule has 0 aliphatic heterocycles. The predicted molar refractivity (Wildman–Crippen MR) is 102 cm³/mol. The summed E-state index contributed by atoms with van der Waals surface area (Å²) in [4.78, 5) is 19.2. The predicted octanol–water partition coefficient (Wildman–Crippen LogP) is 4.02. The Balaban J connectivity index is 1.64. The number of amides is 1. The van der Waals surface area contributed by atoms with E-state index in [1.807, 2.05) is 49.4 Å². The molecule has 134 valence electrons. The van der Waals surface area contributed by atoms with Crippen LogP contribution in [0.25, 0.3) is 5.82 Å². The molecule has 0 N–H and O–H groups in total. The van der Waals surface area contributed by atoms with Crippen LogP contribution in [0.1, 0.15) is 21.7 Å². The van der Waals surface area contributed by atoms with Gasteiger partial charge in [0, 0.05) is 24.3 Å². The van der Waals surface area contributed by atoms with Gasteiger partial charge in [0.15, 0.2) is 5.82 Å². The molecular weight excluding hydrogens is 340 g/mol. The summed E-state index contributed by atoms with van der Waals surface area (Å²) >= 11 is 0. The number of pyridine rings is 1. The molecule has 0 fully saturated rings. The minimum absolute atomic E-state index is 0.144. The van der Waals surface area contributed by atoms with Gasteiger partial charge < -0.3 is 9.32 Å². The third-order valence-corrected chi connectivity index (χ3v) is 4.22. The lowest BCUT2D eigenvalue weighted by Crippen LogP contribution is -2.30. The molecule has 0 aliphatic carbocycles. The van der Waals surface area contributed by atoms with Crippen LogP contribution in [0.3, 0.4) is 0 Å². The number of furan rings is 1. The van der Waals surface area contributed by atoms with Crippen LogP contribution in [0.4, 0.5) is 5.69 Å². The zero-order valence-electron chi connectivity index (χ0n) is 14.8. The highest BCUT2D eigenvalue weighted by Crippen LogP contribution is 2.21. The zero-order valence-corrected chi connectivity index (χ0v) is 14.8. The number of nitrogens with zero attached hydrogens (tertiary/aromatic N) is 4. The van der Waals surface area contributed by atoms with E-state index >= 15 is 0 Å². The van der Waals surface area contributed by atoms with Gasteiger partial charge in [0.05, 0.1) is 18.4 Å². The number of hydrogen-bond acceptors (Lipinski definition) is 4. The van der Waals surface area contributed by atoms with Crippen LogP contribution in [-0.2, 0) is 6.54 Å². The molecule has 0 saturated heterocycles. The van der Waals surface area contributed by atoms with Crippen molar-refractivity contribution >= 4 is 11.6 Å². The van der Waals surface area contributed by atoms with Gasteiger partial charge in [-0.1, -0.05) is 17.7 Å². The summed E-state index contributed by atoms with van der Waals surface area (Å²) in [6.07, 6.45) is 6.67. The van der Waals surface area contributed by atoms with Gasteiger partial charge >= 0.3 is 0 Å². The van der Waals surface area contributed by atoms with Crippen molar-refractivity contribution in [1.29, 1.82) is 0 Å². The molecular formula is C21H18N4O2. The van der Waals surface area contributed by atoms with E-state index in [9.17, 15) is 4.79 Å². The molecule has 0 saturated carbocycles. The second-order valence-corrected chi connectivity index (χ2v) is 6.16. The monoisotopic (exact) mass is 358 g/mol. The molecule has 4 aromatic rings. The summed E-state index contributed by atoms with van der Waals surface area (Å²) in [5.41, 5.74) is 2.44. The van der Waals surface area contributed by atoms with E-state index in [1.165, 1.54) is 0 Å². The molecule has 4 rings (SSSR count). The molecule has 0 unspecified atom stereocenters. The molecule has 0 bridgehead atoms.